The third-order valence-electron chi connectivity index (χ3n) is 4.91. The summed E-state index contributed by atoms with van der Waals surface area (Å²) in [4.78, 5) is 1.61. The molecule has 0 unspecified atom stereocenters. The Labute approximate surface area is 170 Å². The minimum absolute atomic E-state index is 0.420. The van der Waals surface area contributed by atoms with Gasteiger partial charge in [-0.1, -0.05) is 41.4 Å². The Kier molecular flexibility index (Phi) is 6.76. The second-order valence-corrected chi connectivity index (χ2v) is 8.09. The Bertz CT molecular complexity index is 756. The fourth-order valence-corrected chi connectivity index (χ4v) is 3.90. The van der Waals surface area contributed by atoms with Gasteiger partial charge in [0.05, 0.1) is 13.1 Å². The number of quaternary nitrogens is 1. The highest BCUT2D eigenvalue weighted by atomic mass is 35.5. The molecule has 3 rings (SSSR count). The van der Waals surface area contributed by atoms with Gasteiger partial charge in [-0.3, -0.25) is 0 Å². The van der Waals surface area contributed by atoms with Crippen molar-refractivity contribution in [2.24, 2.45) is 0 Å². The van der Waals surface area contributed by atoms with E-state index in [4.69, 9.17) is 35.4 Å². The number of hydrogen-bond acceptors (Lipinski definition) is 1. The lowest BCUT2D eigenvalue weighted by molar-refractivity contribution is -0.918. The van der Waals surface area contributed by atoms with Gasteiger partial charge in [0.15, 0.2) is 5.11 Å². The monoisotopic (exact) mass is 408 g/mol. The molecule has 0 bridgehead atoms. The minimum atomic E-state index is 0.420. The molecule has 0 radical (unpaired) electrons. The molecule has 26 heavy (non-hydrogen) atoms. The molecule has 1 heterocycles. The highest BCUT2D eigenvalue weighted by Gasteiger charge is 2.22. The van der Waals surface area contributed by atoms with Crippen LogP contribution in [0.2, 0.25) is 10.0 Å². The molecule has 0 aliphatic carbocycles. The zero-order valence-electron chi connectivity index (χ0n) is 14.8. The molecular weight excluding hydrogens is 385 g/mol. The highest BCUT2D eigenvalue weighted by molar-refractivity contribution is 7.80. The van der Waals surface area contributed by atoms with Gasteiger partial charge in [-0.15, -0.1) is 0 Å². The van der Waals surface area contributed by atoms with Crippen molar-refractivity contribution in [2.75, 3.05) is 18.4 Å². The van der Waals surface area contributed by atoms with E-state index < -0.39 is 0 Å². The van der Waals surface area contributed by atoms with E-state index in [2.05, 4.69) is 22.8 Å². The van der Waals surface area contributed by atoms with E-state index in [1.165, 1.54) is 5.56 Å². The van der Waals surface area contributed by atoms with Gasteiger partial charge in [-0.05, 0) is 49.0 Å². The Balaban J connectivity index is 1.45. The molecule has 1 saturated heterocycles. The van der Waals surface area contributed by atoms with E-state index in [1.54, 1.807) is 4.90 Å². The van der Waals surface area contributed by atoms with E-state index in [1.807, 2.05) is 37.3 Å². The van der Waals surface area contributed by atoms with Gasteiger partial charge < -0.3 is 15.5 Å². The Hall–Kier alpha value is -1.33. The normalized spacial score (nSPS) is 19.8. The molecule has 3 nitrogen and oxygen atoms in total. The fraction of sp³-hybridized carbons (Fsp3) is 0.350. The maximum absolute atomic E-state index is 6.17. The van der Waals surface area contributed by atoms with Crippen molar-refractivity contribution in [1.29, 1.82) is 0 Å². The number of thiocarbonyl (C=S) groups is 1. The quantitative estimate of drug-likeness (QED) is 0.671. The van der Waals surface area contributed by atoms with Gasteiger partial charge in [0.2, 0.25) is 0 Å². The maximum Gasteiger partial charge on any atom is 0.171 e. The Morgan fingerprint density at radius 3 is 2.50 bits per heavy atom. The average Bonchev–Trinajstić information content (AvgIpc) is 2.62. The summed E-state index contributed by atoms with van der Waals surface area (Å²) in [6.07, 6.45) is 2.22. The summed E-state index contributed by atoms with van der Waals surface area (Å²) < 4.78 is 0. The van der Waals surface area contributed by atoms with Crippen LogP contribution in [0, 0.1) is 6.92 Å². The molecule has 0 atom stereocenters. The maximum atomic E-state index is 6.17. The van der Waals surface area contributed by atoms with Gasteiger partial charge in [-0.25, -0.2) is 0 Å². The molecule has 0 aromatic heterocycles. The molecule has 0 amide bonds. The molecule has 6 heteroatoms. The molecule has 3 N–H and O–H groups in total. The zero-order chi connectivity index (χ0) is 18.5. The third-order valence-corrected chi connectivity index (χ3v) is 5.79. The molecule has 0 spiro atoms. The molecule has 1 aliphatic heterocycles. The van der Waals surface area contributed by atoms with E-state index in [-0.39, 0.29) is 0 Å². The summed E-state index contributed by atoms with van der Waals surface area (Å²) in [7, 11) is 0. The van der Waals surface area contributed by atoms with Crippen LogP contribution in [0.15, 0.2) is 42.5 Å². The molecule has 2 aromatic carbocycles. The third kappa shape index (κ3) is 5.34. The van der Waals surface area contributed by atoms with Crippen LogP contribution in [-0.2, 0) is 6.54 Å². The predicted octanol–water partition coefficient (Wildman–Crippen LogP) is 3.84. The van der Waals surface area contributed by atoms with Crippen molar-refractivity contribution in [3.8, 4) is 0 Å². The standard InChI is InChI=1S/C20H23Cl2N3S/c1-14-18(22)3-2-4-19(14)24-20(26)23-17-9-11-25(12-10-17)13-15-5-7-16(21)8-6-15/h2-8,17H,9-13H2,1H3,(H2,23,24,26)/p+1. The first-order valence-electron chi connectivity index (χ1n) is 8.92. The fourth-order valence-electron chi connectivity index (χ4n) is 3.32. The Morgan fingerprint density at radius 1 is 1.12 bits per heavy atom. The van der Waals surface area contributed by atoms with Crippen LogP contribution in [0.5, 0.6) is 0 Å². The summed E-state index contributed by atoms with van der Waals surface area (Å²) >= 11 is 17.6. The molecule has 0 saturated carbocycles. The number of benzene rings is 2. The first-order chi connectivity index (χ1) is 12.5. The second-order valence-electron chi connectivity index (χ2n) is 6.84. The lowest BCUT2D eigenvalue weighted by Crippen LogP contribution is -3.12. The van der Waals surface area contributed by atoms with Gasteiger partial charge in [0.1, 0.15) is 6.54 Å². The van der Waals surface area contributed by atoms with Crippen molar-refractivity contribution >= 4 is 46.2 Å². The summed E-state index contributed by atoms with van der Waals surface area (Å²) in [5, 5.41) is 8.93. The number of nitrogens with one attached hydrogen (secondary N) is 3. The molecule has 1 aliphatic rings. The average molecular weight is 409 g/mol. The summed E-state index contributed by atoms with van der Waals surface area (Å²) in [5.41, 5.74) is 3.31. The SMILES string of the molecule is Cc1c(Cl)cccc1NC(=S)NC1CC[NH+](Cc2ccc(Cl)cc2)CC1. The number of piperidine rings is 1. The number of anilines is 1. The number of rotatable bonds is 4. The zero-order valence-corrected chi connectivity index (χ0v) is 17.1. The van der Waals surface area contributed by atoms with E-state index >= 15 is 0 Å². The number of hydrogen-bond donors (Lipinski definition) is 3. The van der Waals surface area contributed by atoms with Crippen LogP contribution >= 0.6 is 35.4 Å². The van der Waals surface area contributed by atoms with E-state index in [0.717, 1.165) is 53.8 Å². The summed E-state index contributed by atoms with van der Waals surface area (Å²) in [5.74, 6) is 0. The highest BCUT2D eigenvalue weighted by Crippen LogP contribution is 2.22. The number of halogens is 2. The van der Waals surface area contributed by atoms with Gasteiger partial charge in [0, 0.05) is 40.2 Å². The minimum Gasteiger partial charge on any atom is -0.359 e. The first-order valence-corrected chi connectivity index (χ1v) is 10.1. The molecule has 1 fully saturated rings. The van der Waals surface area contributed by atoms with Crippen LogP contribution in [0.1, 0.15) is 24.0 Å². The molecular formula is C20H24Cl2N3S+. The lowest BCUT2D eigenvalue weighted by atomic mass is 10.0. The van der Waals surface area contributed by atoms with Crippen molar-refractivity contribution in [3.05, 3.63) is 63.6 Å². The van der Waals surface area contributed by atoms with Gasteiger partial charge >= 0.3 is 0 Å². The smallest absolute Gasteiger partial charge is 0.171 e. The number of likely N-dealkylation sites (tertiary alicyclic amines) is 1. The van der Waals surface area contributed by atoms with Gasteiger partial charge in [-0.2, -0.15) is 0 Å². The van der Waals surface area contributed by atoms with Crippen LogP contribution in [0.25, 0.3) is 0 Å². The van der Waals surface area contributed by atoms with Crippen LogP contribution in [0.3, 0.4) is 0 Å². The van der Waals surface area contributed by atoms with Crippen LogP contribution in [-0.4, -0.2) is 24.2 Å². The van der Waals surface area contributed by atoms with Crippen molar-refractivity contribution in [3.63, 3.8) is 0 Å². The molecule has 138 valence electrons. The molecule has 2 aromatic rings. The largest absolute Gasteiger partial charge is 0.359 e. The second kappa shape index (κ2) is 9.05. The first kappa shape index (κ1) is 19.4. The van der Waals surface area contributed by atoms with Gasteiger partial charge in [0.25, 0.3) is 0 Å². The van der Waals surface area contributed by atoms with Crippen molar-refractivity contribution < 1.29 is 4.90 Å². The predicted molar refractivity (Wildman–Crippen MR) is 114 cm³/mol. The van der Waals surface area contributed by atoms with Crippen LogP contribution in [0.4, 0.5) is 5.69 Å². The van der Waals surface area contributed by atoms with E-state index in [0.29, 0.717) is 11.2 Å². The van der Waals surface area contributed by atoms with Crippen molar-refractivity contribution in [2.45, 2.75) is 32.4 Å². The summed E-state index contributed by atoms with van der Waals surface area (Å²) in [6.45, 7) is 5.32. The summed E-state index contributed by atoms with van der Waals surface area (Å²) in [6, 6.07) is 14.4. The topological polar surface area (TPSA) is 28.5 Å². The Morgan fingerprint density at radius 2 is 1.81 bits per heavy atom. The lowest BCUT2D eigenvalue weighted by Gasteiger charge is -2.30. The van der Waals surface area contributed by atoms with Crippen LogP contribution < -0.4 is 15.5 Å². The van der Waals surface area contributed by atoms with Crippen molar-refractivity contribution in [1.82, 2.24) is 5.32 Å². The van der Waals surface area contributed by atoms with E-state index in [9.17, 15) is 0 Å².